The van der Waals surface area contributed by atoms with E-state index in [0.29, 0.717) is 5.56 Å². The Balaban J connectivity index is 2.11. The zero-order chi connectivity index (χ0) is 29.1. The van der Waals surface area contributed by atoms with Crippen LogP contribution in [0.4, 0.5) is 0 Å². The molecule has 0 aliphatic rings. The van der Waals surface area contributed by atoms with Crippen LogP contribution in [0.2, 0.25) is 0 Å². The largest absolute Gasteiger partial charge is 0.508 e. The van der Waals surface area contributed by atoms with E-state index in [1.165, 1.54) is 31.2 Å². The summed E-state index contributed by atoms with van der Waals surface area (Å²) in [6.07, 6.45) is -2.11. The maximum Gasteiger partial charge on any atom is 0.326 e. The van der Waals surface area contributed by atoms with Crippen LogP contribution in [0.1, 0.15) is 24.5 Å². The lowest BCUT2D eigenvalue weighted by atomic mass is 10.0. The maximum absolute atomic E-state index is 12.9. The molecular weight excluding hydrogens is 510 g/mol. The fourth-order valence-corrected chi connectivity index (χ4v) is 3.64. The highest BCUT2D eigenvalue weighted by atomic mass is 16.4. The number of carboxylic acid groups (broad SMARTS) is 1. The van der Waals surface area contributed by atoms with E-state index in [-0.39, 0.29) is 18.6 Å². The number of benzene rings is 2. The molecule has 0 fully saturated rings. The van der Waals surface area contributed by atoms with Gasteiger partial charge >= 0.3 is 5.97 Å². The highest BCUT2D eigenvalue weighted by molar-refractivity contribution is 5.96. The van der Waals surface area contributed by atoms with Gasteiger partial charge in [0.1, 0.15) is 23.9 Å². The second-order valence-electron chi connectivity index (χ2n) is 9.02. The van der Waals surface area contributed by atoms with Crippen LogP contribution in [-0.4, -0.2) is 75.2 Å². The minimum Gasteiger partial charge on any atom is -0.508 e. The number of aliphatic hydroxyl groups is 1. The van der Waals surface area contributed by atoms with Crippen LogP contribution in [0.3, 0.4) is 0 Å². The molecular formula is C26H33N5O8. The van der Waals surface area contributed by atoms with Gasteiger partial charge in [-0.05, 0) is 36.6 Å². The van der Waals surface area contributed by atoms with Gasteiger partial charge < -0.3 is 42.7 Å². The van der Waals surface area contributed by atoms with Crippen molar-refractivity contribution in [2.45, 2.75) is 56.5 Å². The molecule has 0 bridgehead atoms. The van der Waals surface area contributed by atoms with E-state index >= 15 is 0 Å². The quantitative estimate of drug-likeness (QED) is 0.135. The van der Waals surface area contributed by atoms with Crippen LogP contribution in [0.15, 0.2) is 54.6 Å². The van der Waals surface area contributed by atoms with Gasteiger partial charge in [-0.2, -0.15) is 0 Å². The number of aliphatic carboxylic acids is 1. The number of aromatic hydroxyl groups is 1. The first-order chi connectivity index (χ1) is 18.4. The smallest absolute Gasteiger partial charge is 0.326 e. The van der Waals surface area contributed by atoms with Crippen LogP contribution in [-0.2, 0) is 36.8 Å². The Hall–Kier alpha value is -4.49. The number of nitrogens with two attached hydrogens (primary N) is 2. The summed E-state index contributed by atoms with van der Waals surface area (Å²) in [7, 11) is 0. The van der Waals surface area contributed by atoms with Gasteiger partial charge in [-0.15, -0.1) is 0 Å². The fourth-order valence-electron chi connectivity index (χ4n) is 3.64. The highest BCUT2D eigenvalue weighted by Crippen LogP contribution is 2.12. The number of nitrogens with one attached hydrogen (secondary N) is 3. The van der Waals surface area contributed by atoms with Crippen molar-refractivity contribution in [2.24, 2.45) is 11.5 Å². The van der Waals surface area contributed by atoms with Crippen LogP contribution in [0.25, 0.3) is 0 Å². The lowest BCUT2D eigenvalue weighted by molar-refractivity contribution is -0.142. The molecule has 5 atom stereocenters. The van der Waals surface area contributed by atoms with Crippen molar-refractivity contribution in [3.8, 4) is 5.75 Å². The number of amides is 4. The summed E-state index contributed by atoms with van der Waals surface area (Å²) in [4.78, 5) is 61.8. The number of hydrogen-bond acceptors (Lipinski definition) is 8. The third kappa shape index (κ3) is 10.1. The zero-order valence-electron chi connectivity index (χ0n) is 21.2. The molecule has 0 radical (unpaired) electrons. The molecule has 2 aromatic carbocycles. The summed E-state index contributed by atoms with van der Waals surface area (Å²) in [5, 5.41) is 35.9. The SMILES string of the molecule is CC(O)C(NC(=O)C(N)Cc1ccccc1)C(=O)NC(CC(N)=O)C(=O)NC(Cc1ccc(O)cc1)C(=O)O. The summed E-state index contributed by atoms with van der Waals surface area (Å²) < 4.78 is 0. The van der Waals surface area contributed by atoms with Crippen molar-refractivity contribution < 1.29 is 39.3 Å². The predicted molar refractivity (Wildman–Crippen MR) is 139 cm³/mol. The molecule has 2 rings (SSSR count). The molecule has 0 heterocycles. The Morgan fingerprint density at radius 2 is 1.36 bits per heavy atom. The zero-order valence-corrected chi connectivity index (χ0v) is 21.2. The molecule has 0 saturated carbocycles. The Kier molecular flexibility index (Phi) is 11.4. The fraction of sp³-hybridized carbons (Fsp3) is 0.346. The maximum atomic E-state index is 12.9. The third-order valence-electron chi connectivity index (χ3n) is 5.73. The average Bonchev–Trinajstić information content (AvgIpc) is 2.87. The van der Waals surface area contributed by atoms with Crippen LogP contribution < -0.4 is 27.4 Å². The third-order valence-corrected chi connectivity index (χ3v) is 5.73. The normalized spacial score (nSPS) is 14.6. The Bertz CT molecular complexity index is 1160. The molecule has 0 aliphatic carbocycles. The van der Waals surface area contributed by atoms with Gasteiger partial charge in [0.2, 0.25) is 23.6 Å². The van der Waals surface area contributed by atoms with Gasteiger partial charge in [-0.3, -0.25) is 19.2 Å². The topological polar surface area (TPSA) is 234 Å². The molecule has 13 nitrogen and oxygen atoms in total. The molecule has 0 aliphatic heterocycles. The van der Waals surface area contributed by atoms with Crippen molar-refractivity contribution in [1.82, 2.24) is 16.0 Å². The second kappa shape index (κ2) is 14.4. The number of carbonyl (C=O) groups excluding carboxylic acids is 4. The van der Waals surface area contributed by atoms with Gasteiger partial charge in [-0.1, -0.05) is 42.5 Å². The number of primary amides is 1. The predicted octanol–water partition coefficient (Wildman–Crippen LogP) is -1.70. The number of carbonyl (C=O) groups is 5. The van der Waals surface area contributed by atoms with E-state index in [4.69, 9.17) is 11.5 Å². The number of phenolic OH excluding ortho intramolecular Hbond substituents is 1. The summed E-state index contributed by atoms with van der Waals surface area (Å²) in [6, 6.07) is 8.87. The van der Waals surface area contributed by atoms with Gasteiger partial charge in [-0.25, -0.2) is 4.79 Å². The van der Waals surface area contributed by atoms with Crippen molar-refractivity contribution in [1.29, 1.82) is 0 Å². The van der Waals surface area contributed by atoms with E-state index < -0.39 is 66.3 Å². The Labute approximate surface area is 224 Å². The monoisotopic (exact) mass is 543 g/mol. The lowest BCUT2D eigenvalue weighted by Gasteiger charge is -2.26. The molecule has 0 aromatic heterocycles. The van der Waals surface area contributed by atoms with E-state index in [2.05, 4.69) is 16.0 Å². The van der Waals surface area contributed by atoms with Crippen molar-refractivity contribution in [3.63, 3.8) is 0 Å². The number of phenols is 1. The summed E-state index contributed by atoms with van der Waals surface area (Å²) in [6.45, 7) is 1.23. The standard InChI is InChI=1S/C26H33N5O8/c1-14(32)22(31-23(35)18(27)11-15-5-3-2-4-6-15)25(37)29-19(13-21(28)34)24(36)30-20(26(38)39)12-16-7-9-17(33)10-8-16/h2-10,14,18-20,22,32-33H,11-13,27H2,1H3,(H2,28,34)(H,29,37)(H,30,36)(H,31,35)(H,38,39). The van der Waals surface area contributed by atoms with Crippen molar-refractivity contribution in [3.05, 3.63) is 65.7 Å². The summed E-state index contributed by atoms with van der Waals surface area (Å²) in [5.74, 6) is -5.16. The minimum absolute atomic E-state index is 0.0281. The molecule has 210 valence electrons. The number of hydrogen-bond donors (Lipinski definition) is 8. The van der Waals surface area contributed by atoms with E-state index in [9.17, 15) is 39.3 Å². The number of carboxylic acids is 1. The Morgan fingerprint density at radius 1 is 0.795 bits per heavy atom. The molecule has 13 heteroatoms. The van der Waals surface area contributed by atoms with Gasteiger partial charge in [0.25, 0.3) is 0 Å². The van der Waals surface area contributed by atoms with Crippen molar-refractivity contribution in [2.75, 3.05) is 0 Å². The summed E-state index contributed by atoms with van der Waals surface area (Å²) >= 11 is 0. The van der Waals surface area contributed by atoms with E-state index in [0.717, 1.165) is 5.56 Å². The van der Waals surface area contributed by atoms with Gasteiger partial charge in [0.15, 0.2) is 0 Å². The molecule has 5 unspecified atom stereocenters. The first-order valence-electron chi connectivity index (χ1n) is 12.0. The minimum atomic E-state index is -1.60. The van der Waals surface area contributed by atoms with Crippen molar-refractivity contribution >= 4 is 29.6 Å². The van der Waals surface area contributed by atoms with E-state index in [1.807, 2.05) is 0 Å². The molecule has 4 amide bonds. The first kappa shape index (κ1) is 30.7. The molecule has 0 saturated heterocycles. The highest BCUT2D eigenvalue weighted by Gasteiger charge is 2.33. The Morgan fingerprint density at radius 3 is 1.90 bits per heavy atom. The molecule has 10 N–H and O–H groups in total. The van der Waals surface area contributed by atoms with Crippen LogP contribution >= 0.6 is 0 Å². The van der Waals surface area contributed by atoms with Gasteiger partial charge in [0.05, 0.1) is 18.6 Å². The molecule has 39 heavy (non-hydrogen) atoms. The van der Waals surface area contributed by atoms with E-state index in [1.54, 1.807) is 30.3 Å². The number of rotatable bonds is 14. The average molecular weight is 544 g/mol. The van der Waals surface area contributed by atoms with Crippen LogP contribution in [0.5, 0.6) is 5.75 Å². The number of aliphatic hydroxyl groups excluding tert-OH is 1. The first-order valence-corrected chi connectivity index (χ1v) is 12.0. The van der Waals surface area contributed by atoms with Crippen LogP contribution in [0, 0.1) is 0 Å². The molecule has 0 spiro atoms. The lowest BCUT2D eigenvalue weighted by Crippen LogP contribution is -2.60. The second-order valence-corrected chi connectivity index (χ2v) is 9.02. The van der Waals surface area contributed by atoms with Gasteiger partial charge in [0, 0.05) is 6.42 Å². The molecule has 2 aromatic rings. The summed E-state index contributed by atoms with van der Waals surface area (Å²) in [5.41, 5.74) is 12.4.